The smallest absolute Gasteiger partial charge is 0.416 e. The number of halogens is 3. The Kier molecular flexibility index (Phi) is 6.08. The number of benzene rings is 1. The maximum Gasteiger partial charge on any atom is 0.416 e. The SMILES string of the molecule is CCC(Cc1ccc(C(F)(F)F)cc1)C(=O)N1CCC(C(=O)O)CC1. The average molecular weight is 357 g/mol. The molecule has 1 aromatic rings. The molecule has 2 rings (SSSR count). The van der Waals surface area contributed by atoms with E-state index >= 15 is 0 Å². The third-order valence-electron chi connectivity index (χ3n) is 4.76. The molecule has 1 aliphatic rings. The van der Waals surface area contributed by atoms with Crippen molar-refractivity contribution in [3.05, 3.63) is 35.4 Å². The van der Waals surface area contributed by atoms with Crippen molar-refractivity contribution in [2.75, 3.05) is 13.1 Å². The number of hydrogen-bond acceptors (Lipinski definition) is 2. The van der Waals surface area contributed by atoms with Crippen LogP contribution in [0.15, 0.2) is 24.3 Å². The van der Waals surface area contributed by atoms with Crippen LogP contribution in [0.3, 0.4) is 0 Å². The standard InChI is InChI=1S/C18H22F3NO3/c1-2-13(11-12-3-5-15(6-4-12)18(19,20)21)16(23)22-9-7-14(8-10-22)17(24)25/h3-6,13-14H,2,7-11H2,1H3,(H,24,25). The van der Waals surface area contributed by atoms with Gasteiger partial charge in [0.1, 0.15) is 0 Å². The van der Waals surface area contributed by atoms with Gasteiger partial charge in [-0.3, -0.25) is 9.59 Å². The quantitative estimate of drug-likeness (QED) is 0.876. The topological polar surface area (TPSA) is 57.6 Å². The molecule has 0 radical (unpaired) electrons. The minimum Gasteiger partial charge on any atom is -0.481 e. The lowest BCUT2D eigenvalue weighted by Crippen LogP contribution is -2.43. The fourth-order valence-corrected chi connectivity index (χ4v) is 3.13. The van der Waals surface area contributed by atoms with Gasteiger partial charge < -0.3 is 10.0 Å². The Morgan fingerprint density at radius 2 is 1.76 bits per heavy atom. The van der Waals surface area contributed by atoms with E-state index in [0.29, 0.717) is 44.3 Å². The zero-order valence-corrected chi connectivity index (χ0v) is 14.1. The van der Waals surface area contributed by atoms with Gasteiger partial charge >= 0.3 is 12.1 Å². The van der Waals surface area contributed by atoms with Gasteiger partial charge in [-0.05, 0) is 43.4 Å². The van der Waals surface area contributed by atoms with E-state index in [1.807, 2.05) is 6.92 Å². The highest BCUT2D eigenvalue weighted by Gasteiger charge is 2.31. The number of hydrogen-bond donors (Lipinski definition) is 1. The minimum absolute atomic E-state index is 0.0498. The summed E-state index contributed by atoms with van der Waals surface area (Å²) in [5, 5.41) is 9.01. The van der Waals surface area contributed by atoms with Crippen LogP contribution in [0.2, 0.25) is 0 Å². The third-order valence-corrected chi connectivity index (χ3v) is 4.76. The molecule has 0 aromatic heterocycles. The van der Waals surface area contributed by atoms with Crippen molar-refractivity contribution in [2.45, 2.75) is 38.8 Å². The molecule has 25 heavy (non-hydrogen) atoms. The summed E-state index contributed by atoms with van der Waals surface area (Å²) in [4.78, 5) is 25.3. The molecule has 0 bridgehead atoms. The van der Waals surface area contributed by atoms with Crippen LogP contribution in [0.1, 0.15) is 37.3 Å². The number of carbonyl (C=O) groups excluding carboxylic acids is 1. The summed E-state index contributed by atoms with van der Waals surface area (Å²) in [5.74, 6) is -1.59. The van der Waals surface area contributed by atoms with Crippen molar-refractivity contribution >= 4 is 11.9 Å². The first-order valence-electron chi connectivity index (χ1n) is 8.40. The van der Waals surface area contributed by atoms with Crippen LogP contribution < -0.4 is 0 Å². The van der Waals surface area contributed by atoms with Gasteiger partial charge in [0.2, 0.25) is 5.91 Å². The number of carboxylic acids is 1. The minimum atomic E-state index is -4.37. The monoisotopic (exact) mass is 357 g/mol. The Morgan fingerprint density at radius 3 is 2.20 bits per heavy atom. The number of carboxylic acid groups (broad SMARTS) is 1. The van der Waals surface area contributed by atoms with E-state index in [-0.39, 0.29) is 11.8 Å². The second-order valence-corrected chi connectivity index (χ2v) is 6.44. The van der Waals surface area contributed by atoms with Crippen LogP contribution in [0.5, 0.6) is 0 Å². The molecule has 1 saturated heterocycles. The predicted molar refractivity (Wildman–Crippen MR) is 85.9 cm³/mol. The molecule has 0 saturated carbocycles. The summed E-state index contributed by atoms with van der Waals surface area (Å²) >= 11 is 0. The number of alkyl halides is 3. The van der Waals surface area contributed by atoms with Crippen molar-refractivity contribution in [1.29, 1.82) is 0 Å². The van der Waals surface area contributed by atoms with E-state index in [4.69, 9.17) is 5.11 Å². The van der Waals surface area contributed by atoms with E-state index in [2.05, 4.69) is 0 Å². The van der Waals surface area contributed by atoms with Crippen molar-refractivity contribution in [3.8, 4) is 0 Å². The van der Waals surface area contributed by atoms with Crippen LogP contribution in [0.4, 0.5) is 13.2 Å². The second-order valence-electron chi connectivity index (χ2n) is 6.44. The first kappa shape index (κ1) is 19.3. The maximum absolute atomic E-state index is 12.6. The Hall–Kier alpha value is -2.05. The Balaban J connectivity index is 1.97. The highest BCUT2D eigenvalue weighted by molar-refractivity contribution is 5.79. The summed E-state index contributed by atoms with van der Waals surface area (Å²) in [6, 6.07) is 4.89. The van der Waals surface area contributed by atoms with E-state index in [1.54, 1.807) is 4.90 Å². The number of carbonyl (C=O) groups is 2. The number of piperidine rings is 1. The number of amides is 1. The van der Waals surface area contributed by atoms with Crippen LogP contribution in [-0.2, 0) is 22.2 Å². The van der Waals surface area contributed by atoms with E-state index < -0.39 is 23.6 Å². The molecular formula is C18H22F3NO3. The summed E-state index contributed by atoms with van der Waals surface area (Å²) < 4.78 is 37.8. The molecule has 4 nitrogen and oxygen atoms in total. The molecule has 1 heterocycles. The largest absolute Gasteiger partial charge is 0.481 e. The molecule has 138 valence electrons. The zero-order valence-electron chi connectivity index (χ0n) is 14.1. The van der Waals surface area contributed by atoms with Crippen molar-refractivity contribution < 1.29 is 27.9 Å². The number of rotatable bonds is 5. The van der Waals surface area contributed by atoms with Crippen LogP contribution in [0.25, 0.3) is 0 Å². The number of nitrogens with zero attached hydrogens (tertiary/aromatic N) is 1. The van der Waals surface area contributed by atoms with Crippen molar-refractivity contribution in [1.82, 2.24) is 4.90 Å². The second kappa shape index (κ2) is 7.89. The van der Waals surface area contributed by atoms with Crippen LogP contribution in [-0.4, -0.2) is 35.0 Å². The van der Waals surface area contributed by atoms with E-state index in [9.17, 15) is 22.8 Å². The number of likely N-dealkylation sites (tertiary alicyclic amines) is 1. The zero-order chi connectivity index (χ0) is 18.6. The van der Waals surface area contributed by atoms with Gasteiger partial charge in [0, 0.05) is 19.0 Å². The lowest BCUT2D eigenvalue weighted by molar-refractivity contribution is -0.146. The Labute approximate surface area is 144 Å². The molecule has 1 aromatic carbocycles. The molecule has 1 fully saturated rings. The van der Waals surface area contributed by atoms with Gasteiger partial charge in [0.05, 0.1) is 11.5 Å². The van der Waals surface area contributed by atoms with Gasteiger partial charge in [-0.1, -0.05) is 19.1 Å². The first-order valence-corrected chi connectivity index (χ1v) is 8.40. The van der Waals surface area contributed by atoms with Gasteiger partial charge in [-0.15, -0.1) is 0 Å². The van der Waals surface area contributed by atoms with E-state index in [1.165, 1.54) is 12.1 Å². The van der Waals surface area contributed by atoms with Gasteiger partial charge in [-0.25, -0.2) is 0 Å². The molecular weight excluding hydrogens is 335 g/mol. The van der Waals surface area contributed by atoms with Crippen molar-refractivity contribution in [3.63, 3.8) is 0 Å². The first-order chi connectivity index (χ1) is 11.7. The molecule has 1 aliphatic heterocycles. The average Bonchev–Trinajstić information content (AvgIpc) is 2.58. The maximum atomic E-state index is 12.6. The number of aliphatic carboxylic acids is 1. The summed E-state index contributed by atoms with van der Waals surface area (Å²) in [6.45, 7) is 2.70. The van der Waals surface area contributed by atoms with E-state index in [0.717, 1.165) is 12.1 Å². The molecule has 0 aliphatic carbocycles. The van der Waals surface area contributed by atoms with Gasteiger partial charge in [0.15, 0.2) is 0 Å². The molecule has 0 spiro atoms. The Bertz CT molecular complexity index is 605. The van der Waals surface area contributed by atoms with Gasteiger partial charge in [0.25, 0.3) is 0 Å². The Morgan fingerprint density at radius 1 is 1.20 bits per heavy atom. The molecule has 1 unspecified atom stereocenters. The van der Waals surface area contributed by atoms with Gasteiger partial charge in [-0.2, -0.15) is 13.2 Å². The van der Waals surface area contributed by atoms with Crippen molar-refractivity contribution in [2.24, 2.45) is 11.8 Å². The predicted octanol–water partition coefficient (Wildman–Crippen LogP) is 3.60. The fourth-order valence-electron chi connectivity index (χ4n) is 3.13. The van der Waals surface area contributed by atoms with Crippen LogP contribution >= 0.6 is 0 Å². The lowest BCUT2D eigenvalue weighted by atomic mass is 9.92. The molecule has 1 N–H and O–H groups in total. The lowest BCUT2D eigenvalue weighted by Gasteiger charge is -2.32. The normalized spacial score (nSPS) is 17.4. The fraction of sp³-hybridized carbons (Fsp3) is 0.556. The highest BCUT2D eigenvalue weighted by Crippen LogP contribution is 2.29. The summed E-state index contributed by atoms with van der Waals surface area (Å²) in [5.41, 5.74) is -0.0139. The molecule has 7 heteroatoms. The summed E-state index contributed by atoms with van der Waals surface area (Å²) in [6.07, 6.45) is -2.52. The summed E-state index contributed by atoms with van der Waals surface area (Å²) in [7, 11) is 0. The molecule has 1 atom stereocenters. The third kappa shape index (κ3) is 4.96. The highest BCUT2D eigenvalue weighted by atomic mass is 19.4. The molecule has 1 amide bonds. The van der Waals surface area contributed by atoms with Crippen LogP contribution in [0, 0.1) is 11.8 Å².